The lowest BCUT2D eigenvalue weighted by Gasteiger charge is -2.16. The molecule has 5 nitrogen and oxygen atoms in total. The normalized spacial score (nSPS) is 11.6. The number of carbonyl (C=O) groups excluding carboxylic acids is 1. The van der Waals surface area contributed by atoms with Crippen LogP contribution in [0.3, 0.4) is 0 Å². The van der Waals surface area contributed by atoms with Gasteiger partial charge in [-0.2, -0.15) is 0 Å². The summed E-state index contributed by atoms with van der Waals surface area (Å²) in [6.45, 7) is 3.58. The zero-order valence-corrected chi connectivity index (χ0v) is 13.8. The van der Waals surface area contributed by atoms with Gasteiger partial charge in [-0.05, 0) is 30.5 Å². The van der Waals surface area contributed by atoms with Crippen LogP contribution in [0.25, 0.3) is 0 Å². The predicted molar refractivity (Wildman–Crippen MR) is 91.1 cm³/mol. The third-order valence-corrected chi connectivity index (χ3v) is 3.67. The number of carbonyl (C=O) groups is 2. The fourth-order valence-electron chi connectivity index (χ4n) is 2.45. The van der Waals surface area contributed by atoms with E-state index in [1.54, 1.807) is 0 Å². The summed E-state index contributed by atoms with van der Waals surface area (Å²) in [5.41, 5.74) is 2.71. The maximum atomic E-state index is 12.0. The van der Waals surface area contributed by atoms with Crippen molar-refractivity contribution >= 4 is 11.9 Å². The molecule has 0 aliphatic carbocycles. The molecule has 0 spiro atoms. The van der Waals surface area contributed by atoms with Crippen LogP contribution in [-0.4, -0.2) is 29.6 Å². The fourth-order valence-corrected chi connectivity index (χ4v) is 2.45. The van der Waals surface area contributed by atoms with Crippen LogP contribution >= 0.6 is 0 Å². The summed E-state index contributed by atoms with van der Waals surface area (Å²) in [7, 11) is 0. The predicted octanol–water partition coefficient (Wildman–Crippen LogP) is 2.49. The van der Waals surface area contributed by atoms with Crippen molar-refractivity contribution in [2.45, 2.75) is 26.3 Å². The SMILES string of the molecule is Cc1cccc(C)c1OCC(=O)N[C@@H](Cc1ccccc1)C(=O)O. The van der Waals surface area contributed by atoms with Crippen LogP contribution < -0.4 is 10.1 Å². The van der Waals surface area contributed by atoms with E-state index < -0.39 is 17.9 Å². The van der Waals surface area contributed by atoms with Crippen molar-refractivity contribution in [2.24, 2.45) is 0 Å². The largest absolute Gasteiger partial charge is 0.483 e. The Bertz CT molecular complexity index is 692. The molecular formula is C19H21NO4. The highest BCUT2D eigenvalue weighted by Gasteiger charge is 2.20. The van der Waals surface area contributed by atoms with Gasteiger partial charge in [-0.3, -0.25) is 4.79 Å². The Hall–Kier alpha value is -2.82. The van der Waals surface area contributed by atoms with E-state index >= 15 is 0 Å². The molecule has 0 saturated carbocycles. The summed E-state index contributed by atoms with van der Waals surface area (Å²) < 4.78 is 5.56. The molecule has 2 N–H and O–H groups in total. The summed E-state index contributed by atoms with van der Waals surface area (Å²) in [6, 6.07) is 13.9. The highest BCUT2D eigenvalue weighted by atomic mass is 16.5. The molecule has 2 aromatic rings. The number of amides is 1. The average Bonchev–Trinajstić information content (AvgIpc) is 2.54. The molecule has 1 amide bonds. The van der Waals surface area contributed by atoms with E-state index in [0.29, 0.717) is 5.75 Å². The molecule has 0 unspecified atom stereocenters. The Morgan fingerprint density at radius 3 is 2.25 bits per heavy atom. The lowest BCUT2D eigenvalue weighted by molar-refractivity contribution is -0.142. The van der Waals surface area contributed by atoms with Gasteiger partial charge in [-0.1, -0.05) is 48.5 Å². The van der Waals surface area contributed by atoms with Crippen molar-refractivity contribution in [3.63, 3.8) is 0 Å². The van der Waals surface area contributed by atoms with Crippen LogP contribution in [0.15, 0.2) is 48.5 Å². The minimum atomic E-state index is -1.07. The molecule has 0 saturated heterocycles. The zero-order chi connectivity index (χ0) is 17.5. The topological polar surface area (TPSA) is 75.6 Å². The smallest absolute Gasteiger partial charge is 0.326 e. The average molecular weight is 327 g/mol. The minimum absolute atomic E-state index is 0.218. The third kappa shape index (κ3) is 4.84. The number of benzene rings is 2. The molecular weight excluding hydrogens is 306 g/mol. The molecule has 0 aliphatic rings. The number of ether oxygens (including phenoxy) is 1. The molecule has 1 atom stereocenters. The number of carboxylic acid groups (broad SMARTS) is 1. The Labute approximate surface area is 141 Å². The first-order chi connectivity index (χ1) is 11.5. The summed E-state index contributed by atoms with van der Waals surface area (Å²) in [4.78, 5) is 23.4. The first-order valence-electron chi connectivity index (χ1n) is 7.72. The van der Waals surface area contributed by atoms with Gasteiger partial charge in [-0.15, -0.1) is 0 Å². The second kappa shape index (κ2) is 8.15. The van der Waals surface area contributed by atoms with Crippen LogP contribution in [0.1, 0.15) is 16.7 Å². The zero-order valence-electron chi connectivity index (χ0n) is 13.8. The molecule has 0 fully saturated rings. The minimum Gasteiger partial charge on any atom is -0.483 e. The molecule has 0 heterocycles. The second-order valence-corrected chi connectivity index (χ2v) is 5.66. The van der Waals surface area contributed by atoms with E-state index in [9.17, 15) is 14.7 Å². The first-order valence-corrected chi connectivity index (χ1v) is 7.72. The van der Waals surface area contributed by atoms with Gasteiger partial charge in [0.2, 0.25) is 0 Å². The van der Waals surface area contributed by atoms with Crippen LogP contribution in [0, 0.1) is 13.8 Å². The van der Waals surface area contributed by atoms with Gasteiger partial charge in [0, 0.05) is 6.42 Å². The van der Waals surface area contributed by atoms with Crippen LogP contribution in [0.5, 0.6) is 5.75 Å². The Morgan fingerprint density at radius 1 is 1.04 bits per heavy atom. The molecule has 2 aromatic carbocycles. The molecule has 0 bridgehead atoms. The Morgan fingerprint density at radius 2 is 1.67 bits per heavy atom. The van der Waals surface area contributed by atoms with Crippen molar-refractivity contribution in [3.8, 4) is 5.75 Å². The summed E-state index contributed by atoms with van der Waals surface area (Å²) in [6.07, 6.45) is 0.227. The van der Waals surface area contributed by atoms with Gasteiger partial charge in [0.15, 0.2) is 6.61 Å². The van der Waals surface area contributed by atoms with Gasteiger partial charge in [0.25, 0.3) is 5.91 Å². The van der Waals surface area contributed by atoms with Gasteiger partial charge in [-0.25, -0.2) is 4.79 Å². The monoisotopic (exact) mass is 327 g/mol. The first kappa shape index (κ1) is 17.5. The number of carboxylic acids is 1. The second-order valence-electron chi connectivity index (χ2n) is 5.66. The van der Waals surface area contributed by atoms with Gasteiger partial charge >= 0.3 is 5.97 Å². The Balaban J connectivity index is 1.95. The molecule has 0 radical (unpaired) electrons. The molecule has 24 heavy (non-hydrogen) atoms. The van der Waals surface area contributed by atoms with Crippen LogP contribution in [0.2, 0.25) is 0 Å². The fraction of sp³-hybridized carbons (Fsp3) is 0.263. The molecule has 126 valence electrons. The van der Waals surface area contributed by atoms with Gasteiger partial charge in [0.05, 0.1) is 0 Å². The quantitative estimate of drug-likeness (QED) is 0.819. The highest BCUT2D eigenvalue weighted by molar-refractivity contribution is 5.84. The highest BCUT2D eigenvalue weighted by Crippen LogP contribution is 2.22. The maximum Gasteiger partial charge on any atom is 0.326 e. The van der Waals surface area contributed by atoms with Crippen molar-refractivity contribution in [2.75, 3.05) is 6.61 Å². The maximum absolute atomic E-state index is 12.0. The molecule has 5 heteroatoms. The van der Waals surface area contributed by atoms with Crippen molar-refractivity contribution in [3.05, 3.63) is 65.2 Å². The van der Waals surface area contributed by atoms with E-state index in [4.69, 9.17) is 4.74 Å². The van der Waals surface area contributed by atoms with E-state index in [1.807, 2.05) is 62.4 Å². The van der Waals surface area contributed by atoms with Crippen LogP contribution in [0.4, 0.5) is 0 Å². The van der Waals surface area contributed by atoms with Gasteiger partial charge in [0.1, 0.15) is 11.8 Å². The number of rotatable bonds is 7. The standard InChI is InChI=1S/C19H21NO4/c1-13-7-6-8-14(2)18(13)24-12-17(21)20-16(19(22)23)11-15-9-4-3-5-10-15/h3-10,16H,11-12H2,1-2H3,(H,20,21)(H,22,23)/t16-/m0/s1. The Kier molecular flexibility index (Phi) is 5.95. The third-order valence-electron chi connectivity index (χ3n) is 3.67. The summed E-state index contributed by atoms with van der Waals surface area (Å²) >= 11 is 0. The van der Waals surface area contributed by atoms with Crippen molar-refractivity contribution in [1.82, 2.24) is 5.32 Å². The molecule has 0 aromatic heterocycles. The molecule has 0 aliphatic heterocycles. The number of para-hydroxylation sites is 1. The van der Waals surface area contributed by atoms with Crippen molar-refractivity contribution in [1.29, 1.82) is 0 Å². The lowest BCUT2D eigenvalue weighted by Crippen LogP contribution is -2.44. The van der Waals surface area contributed by atoms with Crippen molar-refractivity contribution < 1.29 is 19.4 Å². The van der Waals surface area contributed by atoms with E-state index in [1.165, 1.54) is 0 Å². The van der Waals surface area contributed by atoms with E-state index in [-0.39, 0.29) is 13.0 Å². The lowest BCUT2D eigenvalue weighted by atomic mass is 10.1. The number of hydrogen-bond donors (Lipinski definition) is 2. The van der Waals surface area contributed by atoms with Crippen LogP contribution in [-0.2, 0) is 16.0 Å². The van der Waals surface area contributed by atoms with E-state index in [2.05, 4.69) is 5.32 Å². The molecule has 2 rings (SSSR count). The van der Waals surface area contributed by atoms with E-state index in [0.717, 1.165) is 16.7 Å². The summed E-state index contributed by atoms with van der Waals surface area (Å²) in [5.74, 6) is -0.872. The summed E-state index contributed by atoms with van der Waals surface area (Å²) in [5, 5.41) is 11.8. The number of aryl methyl sites for hydroxylation is 2. The number of hydrogen-bond acceptors (Lipinski definition) is 3. The van der Waals surface area contributed by atoms with Gasteiger partial charge < -0.3 is 15.2 Å². The number of aliphatic carboxylic acids is 1. The number of nitrogens with one attached hydrogen (secondary N) is 1.